The van der Waals surface area contributed by atoms with E-state index < -0.39 is 6.10 Å². The van der Waals surface area contributed by atoms with E-state index in [1.54, 1.807) is 0 Å². The molecule has 0 spiro atoms. The average molecular weight is 1240 g/mol. The van der Waals surface area contributed by atoms with Gasteiger partial charge in [0.1, 0.15) is 6.61 Å². The second kappa shape index (κ2) is 78.0. The summed E-state index contributed by atoms with van der Waals surface area (Å²) in [6.07, 6.45) is 123. The fourth-order valence-corrected chi connectivity index (χ4v) is 9.94. The number of aliphatic hydroxyl groups excluding tert-OH is 1. The minimum absolute atomic E-state index is 0.0753. The van der Waals surface area contributed by atoms with Crippen LogP contribution in [0.4, 0.5) is 0 Å². The van der Waals surface area contributed by atoms with Gasteiger partial charge in [-0.2, -0.15) is 0 Å². The van der Waals surface area contributed by atoms with Gasteiger partial charge in [0.2, 0.25) is 0 Å². The Morgan fingerprint density at radius 1 is 0.256 bits per heavy atom. The van der Waals surface area contributed by atoms with Crippen LogP contribution < -0.4 is 0 Å². The molecule has 0 saturated carbocycles. The lowest BCUT2D eigenvalue weighted by atomic mass is 10.0. The highest BCUT2D eigenvalue weighted by Gasteiger charge is 2.16. The number of rotatable bonds is 66. The third-order valence-corrected chi connectivity index (χ3v) is 15.4. The summed E-state index contributed by atoms with van der Waals surface area (Å²) in [4.78, 5) is 24.7. The van der Waals surface area contributed by atoms with Gasteiger partial charge in [-0.05, 0) is 141 Å². The zero-order valence-electron chi connectivity index (χ0n) is 58.1. The lowest BCUT2D eigenvalue weighted by Gasteiger charge is -2.15. The summed E-state index contributed by atoms with van der Waals surface area (Å²) < 4.78 is 10.8. The fraction of sp³-hybridized carbons (Fsp3) is 0.600. The van der Waals surface area contributed by atoms with E-state index in [0.717, 1.165) is 141 Å². The van der Waals surface area contributed by atoms with Gasteiger partial charge in [-0.3, -0.25) is 9.59 Å². The number of hydrogen-bond acceptors (Lipinski definition) is 5. The van der Waals surface area contributed by atoms with E-state index in [2.05, 4.69) is 208 Å². The summed E-state index contributed by atoms with van der Waals surface area (Å²) in [6, 6.07) is 0. The third-order valence-electron chi connectivity index (χ3n) is 15.4. The van der Waals surface area contributed by atoms with Gasteiger partial charge in [0.25, 0.3) is 0 Å². The number of hydrogen-bond donors (Lipinski definition) is 1. The third kappa shape index (κ3) is 75.2. The van der Waals surface area contributed by atoms with Gasteiger partial charge in [0, 0.05) is 12.8 Å². The number of ether oxygens (including phenoxy) is 2. The van der Waals surface area contributed by atoms with Crippen LogP contribution in [-0.4, -0.2) is 36.4 Å². The molecule has 0 saturated heterocycles. The van der Waals surface area contributed by atoms with Crippen molar-refractivity contribution in [3.8, 4) is 0 Å². The molecule has 1 N–H and O–H groups in total. The molecule has 90 heavy (non-hydrogen) atoms. The largest absolute Gasteiger partial charge is 0.462 e. The molecule has 0 bridgehead atoms. The van der Waals surface area contributed by atoms with Gasteiger partial charge in [0.15, 0.2) is 6.10 Å². The van der Waals surface area contributed by atoms with E-state index in [1.165, 1.54) is 141 Å². The topological polar surface area (TPSA) is 72.8 Å². The van der Waals surface area contributed by atoms with Crippen molar-refractivity contribution in [3.63, 3.8) is 0 Å². The van der Waals surface area contributed by atoms with Crippen LogP contribution in [0, 0.1) is 0 Å². The molecule has 0 heterocycles. The Kier molecular flexibility index (Phi) is 73.4. The van der Waals surface area contributed by atoms with Crippen LogP contribution in [0.5, 0.6) is 0 Å². The molecule has 0 rings (SSSR count). The molecule has 0 aromatic carbocycles. The minimum Gasteiger partial charge on any atom is -0.462 e. The van der Waals surface area contributed by atoms with Crippen molar-refractivity contribution in [2.45, 2.75) is 315 Å². The Labute approximate surface area is 556 Å². The van der Waals surface area contributed by atoms with Gasteiger partial charge in [0.05, 0.1) is 6.61 Å². The SMILES string of the molecule is CC/C=C\C/C=C\C/C=C\C/C=C\C/C=C\C/C=C\C/C=C\C/C=C\C/C=C\CCCCCCCCCCCCCCCC(=O)OC(CO)COC(=O)CCCCCCCCCCCCCCC/C=C\C/C=C\C/C=C\C/C=C\C/C=C\C/C=C\C/C=C\CC. The second-order valence-electron chi connectivity index (χ2n) is 23.9. The Morgan fingerprint density at radius 2 is 0.444 bits per heavy atom. The van der Waals surface area contributed by atoms with Crippen LogP contribution in [0.3, 0.4) is 0 Å². The fourth-order valence-electron chi connectivity index (χ4n) is 9.94. The summed E-state index contributed by atoms with van der Waals surface area (Å²) in [5.41, 5.74) is 0. The molecule has 506 valence electrons. The van der Waals surface area contributed by atoms with E-state index in [0.29, 0.717) is 12.8 Å². The standard InChI is InChI=1S/C85H136O5/c1-3-5-7-9-11-13-15-17-19-21-23-25-27-29-31-33-35-37-39-40-41-42-43-44-46-48-50-52-54-56-58-60-62-64-66-68-70-72-74-76-78-80-85(88)90-83(81-86)82-89-84(87)79-77-75-73-71-69-67-65-63-61-59-57-55-53-51-49-47-45-38-36-34-32-30-28-26-24-22-20-18-16-14-12-10-8-6-4-2/h5-8,11-14,17-20,23-26,29-32,35-38,40-41,43-44,47-50,83,86H,3-4,9-10,15-16,21-22,27-28,33-34,39,42,45-46,51-82H2,1-2H3/b7-5-,8-6-,13-11-,14-12-,19-17-,20-18-,25-23-,26-24-,31-29-,32-30-,37-35-,38-36-,41-40-,44-43-,49-47-,50-48-. The zero-order valence-corrected chi connectivity index (χ0v) is 58.1. The van der Waals surface area contributed by atoms with Crippen molar-refractivity contribution in [3.05, 3.63) is 194 Å². The first-order valence-corrected chi connectivity index (χ1v) is 37.0. The molecule has 1 atom stereocenters. The van der Waals surface area contributed by atoms with Crippen molar-refractivity contribution in [1.29, 1.82) is 0 Å². The number of allylic oxidation sites excluding steroid dienone is 32. The smallest absolute Gasteiger partial charge is 0.306 e. The van der Waals surface area contributed by atoms with Crippen molar-refractivity contribution in [2.75, 3.05) is 13.2 Å². The van der Waals surface area contributed by atoms with Gasteiger partial charge in [-0.15, -0.1) is 0 Å². The lowest BCUT2D eigenvalue weighted by Crippen LogP contribution is -2.28. The van der Waals surface area contributed by atoms with Crippen molar-refractivity contribution < 1.29 is 24.2 Å². The molecule has 0 fully saturated rings. The van der Waals surface area contributed by atoms with Gasteiger partial charge < -0.3 is 14.6 Å². The molecule has 0 aromatic rings. The monoisotopic (exact) mass is 1240 g/mol. The predicted octanol–water partition coefficient (Wildman–Crippen LogP) is 26.3. The Bertz CT molecular complexity index is 2040. The number of carbonyl (C=O) groups excluding carboxylic acids is 2. The molecule has 0 aliphatic carbocycles. The number of esters is 2. The quantitative estimate of drug-likeness (QED) is 0.0373. The van der Waals surface area contributed by atoms with Crippen LogP contribution >= 0.6 is 0 Å². The molecular weight excluding hydrogens is 1100 g/mol. The van der Waals surface area contributed by atoms with Crippen LogP contribution in [0.1, 0.15) is 309 Å². The number of aliphatic hydroxyl groups is 1. The maximum absolute atomic E-state index is 12.4. The molecule has 1 unspecified atom stereocenters. The first kappa shape index (κ1) is 84.7. The Hall–Kier alpha value is -5.26. The van der Waals surface area contributed by atoms with Gasteiger partial charge in [-0.1, -0.05) is 350 Å². The van der Waals surface area contributed by atoms with Crippen LogP contribution in [0.2, 0.25) is 0 Å². The van der Waals surface area contributed by atoms with Crippen molar-refractivity contribution >= 4 is 11.9 Å². The molecule has 0 radical (unpaired) electrons. The van der Waals surface area contributed by atoms with Crippen LogP contribution in [-0.2, 0) is 19.1 Å². The second-order valence-corrected chi connectivity index (χ2v) is 23.9. The van der Waals surface area contributed by atoms with E-state index in [1.807, 2.05) is 0 Å². The molecule has 0 aromatic heterocycles. The highest BCUT2D eigenvalue weighted by Crippen LogP contribution is 2.17. The first-order valence-electron chi connectivity index (χ1n) is 37.0. The summed E-state index contributed by atoms with van der Waals surface area (Å²) in [6.45, 7) is 3.92. The first-order chi connectivity index (χ1) is 44.6. The van der Waals surface area contributed by atoms with E-state index in [4.69, 9.17) is 9.47 Å². The van der Waals surface area contributed by atoms with E-state index >= 15 is 0 Å². The van der Waals surface area contributed by atoms with E-state index in [-0.39, 0.29) is 25.2 Å². The van der Waals surface area contributed by atoms with Crippen LogP contribution in [0.25, 0.3) is 0 Å². The van der Waals surface area contributed by atoms with Crippen LogP contribution in [0.15, 0.2) is 194 Å². The maximum atomic E-state index is 12.4. The van der Waals surface area contributed by atoms with E-state index in [9.17, 15) is 14.7 Å². The minimum atomic E-state index is -0.787. The van der Waals surface area contributed by atoms with Gasteiger partial charge in [-0.25, -0.2) is 0 Å². The maximum Gasteiger partial charge on any atom is 0.306 e. The van der Waals surface area contributed by atoms with Crippen molar-refractivity contribution in [1.82, 2.24) is 0 Å². The summed E-state index contributed by atoms with van der Waals surface area (Å²) >= 11 is 0. The zero-order chi connectivity index (χ0) is 64.7. The lowest BCUT2D eigenvalue weighted by molar-refractivity contribution is -0.161. The Morgan fingerprint density at radius 3 is 0.667 bits per heavy atom. The molecule has 5 heteroatoms. The molecular formula is C85H136O5. The average Bonchev–Trinajstić information content (AvgIpc) is 3.60. The highest BCUT2D eigenvalue weighted by atomic mass is 16.6. The summed E-state index contributed by atoms with van der Waals surface area (Å²) in [5.74, 6) is -0.596. The normalized spacial score (nSPS) is 13.4. The molecule has 5 nitrogen and oxygen atoms in total. The number of carbonyl (C=O) groups is 2. The Balaban J connectivity index is 3.54. The molecule has 0 aliphatic rings. The predicted molar refractivity (Wildman–Crippen MR) is 398 cm³/mol. The van der Waals surface area contributed by atoms with Crippen molar-refractivity contribution in [2.24, 2.45) is 0 Å². The molecule has 0 amide bonds. The number of unbranched alkanes of at least 4 members (excludes halogenated alkanes) is 26. The summed E-state index contributed by atoms with van der Waals surface area (Å²) in [7, 11) is 0. The summed E-state index contributed by atoms with van der Waals surface area (Å²) in [5, 5.41) is 9.72. The molecule has 0 aliphatic heterocycles. The van der Waals surface area contributed by atoms with Gasteiger partial charge >= 0.3 is 11.9 Å². The highest BCUT2D eigenvalue weighted by molar-refractivity contribution is 5.70.